The van der Waals surface area contributed by atoms with Gasteiger partial charge in [0.05, 0.1) is 6.61 Å². The summed E-state index contributed by atoms with van der Waals surface area (Å²) in [5, 5.41) is 2.41. The highest BCUT2D eigenvalue weighted by Gasteiger charge is 2.30. The third-order valence-corrected chi connectivity index (χ3v) is 4.93. The maximum absolute atomic E-state index is 12.9. The topological polar surface area (TPSA) is 55.6 Å². The molecule has 0 bridgehead atoms. The Bertz CT molecular complexity index is 696. The molecule has 2 aromatic rings. The van der Waals surface area contributed by atoms with Crippen molar-refractivity contribution < 1.29 is 9.53 Å². The Kier molecular flexibility index (Phi) is 7.24. The van der Waals surface area contributed by atoms with Gasteiger partial charge in [-0.3, -0.25) is 4.79 Å². The van der Waals surface area contributed by atoms with E-state index in [4.69, 9.17) is 10.5 Å². The molecule has 1 unspecified atom stereocenters. The summed E-state index contributed by atoms with van der Waals surface area (Å²) >= 11 is 0. The number of nitrogens with zero attached hydrogens (tertiary/aromatic N) is 1. The van der Waals surface area contributed by atoms with Crippen molar-refractivity contribution in [2.45, 2.75) is 44.3 Å². The lowest BCUT2D eigenvalue weighted by Crippen LogP contribution is -2.49. The van der Waals surface area contributed by atoms with E-state index in [9.17, 15) is 4.79 Å². The number of benzene rings is 2. The SMILES string of the molecule is COCC(N)C(=O)N(Cc1cccc2ccccc12)C1CCCC1.Cl. The molecule has 4 nitrogen and oxygen atoms in total. The van der Waals surface area contributed by atoms with E-state index in [1.807, 2.05) is 17.0 Å². The van der Waals surface area contributed by atoms with E-state index in [2.05, 4.69) is 30.3 Å². The number of fused-ring (bicyclic) bond motifs is 1. The van der Waals surface area contributed by atoms with Crippen LogP contribution in [-0.2, 0) is 16.1 Å². The first kappa shape index (κ1) is 19.7. The van der Waals surface area contributed by atoms with Gasteiger partial charge in [-0.1, -0.05) is 55.3 Å². The molecule has 1 aliphatic carbocycles. The van der Waals surface area contributed by atoms with E-state index >= 15 is 0 Å². The fraction of sp³-hybridized carbons (Fsp3) is 0.450. The first-order valence-corrected chi connectivity index (χ1v) is 8.72. The first-order valence-electron chi connectivity index (χ1n) is 8.72. The molecule has 0 radical (unpaired) electrons. The highest BCUT2D eigenvalue weighted by atomic mass is 35.5. The minimum absolute atomic E-state index is 0. The second-order valence-corrected chi connectivity index (χ2v) is 6.60. The Balaban J connectivity index is 0.00000225. The summed E-state index contributed by atoms with van der Waals surface area (Å²) < 4.78 is 5.09. The number of amides is 1. The van der Waals surface area contributed by atoms with Gasteiger partial charge >= 0.3 is 0 Å². The van der Waals surface area contributed by atoms with Crippen molar-refractivity contribution in [1.29, 1.82) is 0 Å². The summed E-state index contributed by atoms with van der Waals surface area (Å²) in [5.41, 5.74) is 7.23. The molecule has 1 fully saturated rings. The molecule has 1 aliphatic rings. The lowest BCUT2D eigenvalue weighted by molar-refractivity contribution is -0.136. The van der Waals surface area contributed by atoms with E-state index in [1.165, 1.54) is 29.2 Å². The van der Waals surface area contributed by atoms with Crippen molar-refractivity contribution in [2.24, 2.45) is 5.73 Å². The fourth-order valence-corrected chi connectivity index (χ4v) is 3.68. The number of hydrogen-bond donors (Lipinski definition) is 1. The number of carbonyl (C=O) groups is 1. The van der Waals surface area contributed by atoms with Crippen LogP contribution in [0.1, 0.15) is 31.2 Å². The Morgan fingerprint density at radius 1 is 1.20 bits per heavy atom. The highest BCUT2D eigenvalue weighted by Crippen LogP contribution is 2.27. The maximum Gasteiger partial charge on any atom is 0.242 e. The third kappa shape index (κ3) is 4.51. The molecule has 2 N–H and O–H groups in total. The van der Waals surface area contributed by atoms with Gasteiger partial charge in [-0.05, 0) is 29.2 Å². The average Bonchev–Trinajstić information content (AvgIpc) is 3.13. The lowest BCUT2D eigenvalue weighted by atomic mass is 10.0. The second-order valence-electron chi connectivity index (χ2n) is 6.60. The Morgan fingerprint density at radius 3 is 2.60 bits per heavy atom. The minimum atomic E-state index is -0.592. The van der Waals surface area contributed by atoms with Gasteiger partial charge in [0.15, 0.2) is 0 Å². The molecule has 25 heavy (non-hydrogen) atoms. The number of halogens is 1. The Morgan fingerprint density at radius 2 is 1.88 bits per heavy atom. The molecule has 1 amide bonds. The van der Waals surface area contributed by atoms with Crippen molar-refractivity contribution in [1.82, 2.24) is 4.90 Å². The summed E-state index contributed by atoms with van der Waals surface area (Å²) in [7, 11) is 1.58. The van der Waals surface area contributed by atoms with Crippen LogP contribution in [0.2, 0.25) is 0 Å². The van der Waals surface area contributed by atoms with Crippen LogP contribution in [0.5, 0.6) is 0 Å². The maximum atomic E-state index is 12.9. The van der Waals surface area contributed by atoms with Gasteiger partial charge in [-0.2, -0.15) is 0 Å². The normalized spacial score (nSPS) is 15.8. The lowest BCUT2D eigenvalue weighted by Gasteiger charge is -2.31. The molecule has 0 heterocycles. The van der Waals surface area contributed by atoms with Crippen molar-refractivity contribution in [3.8, 4) is 0 Å². The van der Waals surface area contributed by atoms with Crippen LogP contribution in [0, 0.1) is 0 Å². The molecular formula is C20H27ClN2O2. The van der Waals surface area contributed by atoms with Crippen LogP contribution in [0.15, 0.2) is 42.5 Å². The van der Waals surface area contributed by atoms with E-state index in [-0.39, 0.29) is 24.9 Å². The summed E-state index contributed by atoms with van der Waals surface area (Å²) in [6.45, 7) is 0.875. The van der Waals surface area contributed by atoms with E-state index in [0.717, 1.165) is 12.8 Å². The number of rotatable bonds is 6. The molecule has 0 aromatic heterocycles. The number of ether oxygens (including phenoxy) is 1. The summed E-state index contributed by atoms with van der Waals surface area (Å²) in [6.07, 6.45) is 4.50. The standard InChI is InChI=1S/C20H26N2O2.ClH/c1-24-14-19(21)20(23)22(17-10-3-4-11-17)13-16-9-6-8-15-7-2-5-12-18(15)16;/h2,5-9,12,17,19H,3-4,10-11,13-14,21H2,1H3;1H. The summed E-state index contributed by atoms with van der Waals surface area (Å²) in [5.74, 6) is -0.00307. The van der Waals surface area contributed by atoms with Crippen LogP contribution in [-0.4, -0.2) is 36.6 Å². The largest absolute Gasteiger partial charge is 0.383 e. The van der Waals surface area contributed by atoms with Crippen LogP contribution >= 0.6 is 12.4 Å². The van der Waals surface area contributed by atoms with Gasteiger partial charge in [0.1, 0.15) is 6.04 Å². The molecule has 0 aliphatic heterocycles. The van der Waals surface area contributed by atoms with Crippen molar-refractivity contribution in [3.05, 3.63) is 48.0 Å². The number of nitrogens with two attached hydrogens (primary N) is 1. The predicted molar refractivity (Wildman–Crippen MR) is 104 cm³/mol. The molecular weight excluding hydrogens is 336 g/mol. The molecule has 3 rings (SSSR count). The third-order valence-electron chi connectivity index (χ3n) is 4.93. The molecule has 0 saturated heterocycles. The van der Waals surface area contributed by atoms with Gasteiger partial charge in [0, 0.05) is 19.7 Å². The molecule has 2 aromatic carbocycles. The van der Waals surface area contributed by atoms with Crippen molar-refractivity contribution in [2.75, 3.05) is 13.7 Å². The minimum Gasteiger partial charge on any atom is -0.383 e. The molecule has 1 saturated carbocycles. The van der Waals surface area contributed by atoms with Gasteiger partial charge < -0.3 is 15.4 Å². The summed E-state index contributed by atoms with van der Waals surface area (Å²) in [6, 6.07) is 14.3. The smallest absolute Gasteiger partial charge is 0.242 e. The summed E-state index contributed by atoms with van der Waals surface area (Å²) in [4.78, 5) is 14.9. The van der Waals surface area contributed by atoms with Crippen LogP contribution in [0.4, 0.5) is 0 Å². The molecule has 136 valence electrons. The quantitative estimate of drug-likeness (QED) is 0.855. The Hall–Kier alpha value is -1.62. The number of methoxy groups -OCH3 is 1. The zero-order valence-corrected chi connectivity index (χ0v) is 15.5. The predicted octanol–water partition coefficient (Wildman–Crippen LogP) is 3.51. The van der Waals surface area contributed by atoms with Gasteiger partial charge in [-0.15, -0.1) is 12.4 Å². The zero-order valence-electron chi connectivity index (χ0n) is 14.7. The zero-order chi connectivity index (χ0) is 16.9. The van der Waals surface area contributed by atoms with Crippen LogP contribution in [0.25, 0.3) is 10.8 Å². The number of hydrogen-bond acceptors (Lipinski definition) is 3. The van der Waals surface area contributed by atoms with Gasteiger partial charge in [-0.25, -0.2) is 0 Å². The molecule has 1 atom stereocenters. The molecule has 0 spiro atoms. The second kappa shape index (κ2) is 9.18. The molecule has 5 heteroatoms. The van der Waals surface area contributed by atoms with E-state index in [0.29, 0.717) is 12.6 Å². The highest BCUT2D eigenvalue weighted by molar-refractivity contribution is 5.87. The monoisotopic (exact) mass is 362 g/mol. The first-order chi connectivity index (χ1) is 11.7. The van der Waals surface area contributed by atoms with E-state index in [1.54, 1.807) is 7.11 Å². The van der Waals surface area contributed by atoms with Gasteiger partial charge in [0.2, 0.25) is 5.91 Å². The number of carbonyl (C=O) groups excluding carboxylic acids is 1. The van der Waals surface area contributed by atoms with Crippen LogP contribution < -0.4 is 5.73 Å². The fourth-order valence-electron chi connectivity index (χ4n) is 3.68. The van der Waals surface area contributed by atoms with Crippen molar-refractivity contribution in [3.63, 3.8) is 0 Å². The van der Waals surface area contributed by atoms with Crippen LogP contribution in [0.3, 0.4) is 0 Å². The average molecular weight is 363 g/mol. The van der Waals surface area contributed by atoms with Gasteiger partial charge in [0.25, 0.3) is 0 Å². The Labute approximate surface area is 155 Å². The van der Waals surface area contributed by atoms with E-state index < -0.39 is 6.04 Å². The van der Waals surface area contributed by atoms with Crippen molar-refractivity contribution >= 4 is 29.1 Å².